The van der Waals surface area contributed by atoms with Crippen molar-refractivity contribution in [2.24, 2.45) is 0 Å². The summed E-state index contributed by atoms with van der Waals surface area (Å²) < 4.78 is 5.71. The van der Waals surface area contributed by atoms with Gasteiger partial charge in [-0.2, -0.15) is 0 Å². The van der Waals surface area contributed by atoms with E-state index in [1.54, 1.807) is 38.4 Å². The van der Waals surface area contributed by atoms with E-state index in [2.05, 4.69) is 10.3 Å². The summed E-state index contributed by atoms with van der Waals surface area (Å²) in [5.41, 5.74) is 1.51. The van der Waals surface area contributed by atoms with Crippen LogP contribution in [0.2, 0.25) is 0 Å². The molecule has 0 fully saturated rings. The fourth-order valence-corrected chi connectivity index (χ4v) is 1.87. The van der Waals surface area contributed by atoms with Crippen LogP contribution in [0.1, 0.15) is 11.1 Å². The summed E-state index contributed by atoms with van der Waals surface area (Å²) in [4.78, 5) is 14.6. The number of aromatic nitrogens is 1. The Balaban J connectivity index is 2.37. The van der Waals surface area contributed by atoms with Gasteiger partial charge in [-0.25, -0.2) is 4.98 Å². The van der Waals surface area contributed by atoms with Gasteiger partial charge in [-0.15, -0.1) is 0 Å². The van der Waals surface area contributed by atoms with E-state index in [9.17, 15) is 10.1 Å². The highest BCUT2D eigenvalue weighted by Gasteiger charge is 2.15. The fourth-order valence-electron chi connectivity index (χ4n) is 1.87. The van der Waals surface area contributed by atoms with Gasteiger partial charge in [0.05, 0.1) is 11.0 Å². The van der Waals surface area contributed by atoms with Crippen LogP contribution in [-0.2, 0) is 0 Å². The molecule has 2 rings (SSSR count). The largest absolute Gasteiger partial charge is 0.457 e. The molecule has 20 heavy (non-hydrogen) atoms. The zero-order chi connectivity index (χ0) is 14.7. The lowest BCUT2D eigenvalue weighted by Crippen LogP contribution is -1.96. The lowest BCUT2D eigenvalue weighted by molar-refractivity contribution is -0.385. The summed E-state index contributed by atoms with van der Waals surface area (Å²) in [6.45, 7) is 3.56. The van der Waals surface area contributed by atoms with Crippen LogP contribution in [0.3, 0.4) is 0 Å². The Bertz CT molecular complexity index is 656. The number of nitrogens with one attached hydrogen (secondary N) is 1. The van der Waals surface area contributed by atoms with Gasteiger partial charge in [0.1, 0.15) is 17.3 Å². The predicted molar refractivity (Wildman–Crippen MR) is 76.4 cm³/mol. The lowest BCUT2D eigenvalue weighted by atomic mass is 10.1. The number of benzene rings is 1. The Kier molecular flexibility index (Phi) is 3.84. The van der Waals surface area contributed by atoms with Crippen LogP contribution in [0.4, 0.5) is 11.5 Å². The van der Waals surface area contributed by atoms with Crippen LogP contribution in [-0.4, -0.2) is 17.0 Å². The van der Waals surface area contributed by atoms with Crippen molar-refractivity contribution < 1.29 is 9.66 Å². The maximum absolute atomic E-state index is 11.0. The van der Waals surface area contributed by atoms with Gasteiger partial charge in [0, 0.05) is 24.9 Å². The summed E-state index contributed by atoms with van der Waals surface area (Å²) in [6.07, 6.45) is 1.61. The van der Waals surface area contributed by atoms with Gasteiger partial charge in [0.2, 0.25) is 0 Å². The van der Waals surface area contributed by atoms with Crippen molar-refractivity contribution in [3.63, 3.8) is 0 Å². The normalized spacial score (nSPS) is 10.2. The van der Waals surface area contributed by atoms with Crippen molar-refractivity contribution in [2.45, 2.75) is 13.8 Å². The first kappa shape index (κ1) is 13.8. The second-order valence-corrected chi connectivity index (χ2v) is 4.39. The molecule has 0 spiro atoms. The molecule has 0 aliphatic heterocycles. The lowest BCUT2D eigenvalue weighted by Gasteiger charge is -2.10. The van der Waals surface area contributed by atoms with Gasteiger partial charge < -0.3 is 10.1 Å². The fraction of sp³-hybridized carbons (Fsp3) is 0.214. The molecule has 0 bridgehead atoms. The number of hydrogen-bond acceptors (Lipinski definition) is 5. The molecule has 1 aromatic carbocycles. The molecule has 0 amide bonds. The van der Waals surface area contributed by atoms with E-state index in [1.165, 1.54) is 6.07 Å². The molecule has 0 unspecified atom stereocenters. The maximum atomic E-state index is 11.0. The van der Waals surface area contributed by atoms with Crippen molar-refractivity contribution in [3.05, 3.63) is 51.7 Å². The van der Waals surface area contributed by atoms with Gasteiger partial charge in [0.15, 0.2) is 0 Å². The number of nitro groups is 1. The summed E-state index contributed by atoms with van der Waals surface area (Å²) in [5, 5.41) is 13.9. The molecular weight excluding hydrogens is 258 g/mol. The van der Waals surface area contributed by atoms with Crippen molar-refractivity contribution in [3.8, 4) is 11.5 Å². The third kappa shape index (κ3) is 2.85. The summed E-state index contributed by atoms with van der Waals surface area (Å²) in [6, 6.07) is 6.62. The first-order valence-corrected chi connectivity index (χ1v) is 6.08. The Morgan fingerprint density at radius 3 is 2.65 bits per heavy atom. The maximum Gasteiger partial charge on any atom is 0.276 e. The quantitative estimate of drug-likeness (QED) is 0.682. The Morgan fingerprint density at radius 2 is 2.00 bits per heavy atom. The van der Waals surface area contributed by atoms with Gasteiger partial charge in [0.25, 0.3) is 5.69 Å². The average molecular weight is 273 g/mol. The Labute approximate surface area is 116 Å². The first-order chi connectivity index (χ1) is 9.51. The highest BCUT2D eigenvalue weighted by atomic mass is 16.6. The monoisotopic (exact) mass is 273 g/mol. The number of pyridine rings is 1. The van der Waals surface area contributed by atoms with E-state index in [0.717, 1.165) is 5.56 Å². The minimum atomic E-state index is -0.410. The van der Waals surface area contributed by atoms with Crippen molar-refractivity contribution in [1.29, 1.82) is 0 Å². The molecule has 6 nitrogen and oxygen atoms in total. The number of nitrogens with zero attached hydrogens (tertiary/aromatic N) is 2. The van der Waals surface area contributed by atoms with Gasteiger partial charge in [-0.05, 0) is 31.5 Å². The third-order valence-corrected chi connectivity index (χ3v) is 2.91. The minimum absolute atomic E-state index is 0.0495. The standard InChI is InChI=1S/C14H15N3O3/c1-9-6-10(2)13(8-12(9)17(18)19)20-11-4-5-16-14(7-11)15-3/h4-8H,1-3H3,(H,15,16). The molecule has 0 aliphatic rings. The number of aryl methyl sites for hydroxylation is 2. The zero-order valence-corrected chi connectivity index (χ0v) is 11.5. The topological polar surface area (TPSA) is 77.3 Å². The summed E-state index contributed by atoms with van der Waals surface area (Å²) in [7, 11) is 1.76. The SMILES string of the molecule is CNc1cc(Oc2cc([N+](=O)[O-])c(C)cc2C)ccn1. The molecular formula is C14H15N3O3. The van der Waals surface area contributed by atoms with Crippen LogP contribution in [0, 0.1) is 24.0 Å². The smallest absolute Gasteiger partial charge is 0.276 e. The van der Waals surface area contributed by atoms with Crippen LogP contribution < -0.4 is 10.1 Å². The van der Waals surface area contributed by atoms with Crippen LogP contribution >= 0.6 is 0 Å². The highest BCUT2D eigenvalue weighted by Crippen LogP contribution is 2.31. The number of rotatable bonds is 4. The molecule has 6 heteroatoms. The van der Waals surface area contributed by atoms with Crippen LogP contribution in [0.25, 0.3) is 0 Å². The molecule has 0 radical (unpaired) electrons. The van der Waals surface area contributed by atoms with Gasteiger partial charge >= 0.3 is 0 Å². The van der Waals surface area contributed by atoms with E-state index < -0.39 is 4.92 Å². The van der Waals surface area contributed by atoms with Crippen LogP contribution in [0.5, 0.6) is 11.5 Å². The van der Waals surface area contributed by atoms with Crippen LogP contribution in [0.15, 0.2) is 30.5 Å². The third-order valence-electron chi connectivity index (χ3n) is 2.91. The zero-order valence-electron chi connectivity index (χ0n) is 11.5. The van der Waals surface area contributed by atoms with E-state index in [-0.39, 0.29) is 5.69 Å². The van der Waals surface area contributed by atoms with Gasteiger partial charge in [-0.1, -0.05) is 0 Å². The molecule has 0 atom stereocenters. The number of ether oxygens (including phenoxy) is 1. The molecule has 1 heterocycles. The number of nitro benzene ring substituents is 1. The van der Waals surface area contributed by atoms with E-state index in [0.29, 0.717) is 22.9 Å². The second-order valence-electron chi connectivity index (χ2n) is 4.39. The molecule has 1 aromatic heterocycles. The first-order valence-electron chi connectivity index (χ1n) is 6.08. The molecule has 2 aromatic rings. The Morgan fingerprint density at radius 1 is 1.25 bits per heavy atom. The predicted octanol–water partition coefficient (Wildman–Crippen LogP) is 3.44. The number of hydrogen-bond donors (Lipinski definition) is 1. The second kappa shape index (κ2) is 5.56. The Hall–Kier alpha value is -2.63. The highest BCUT2D eigenvalue weighted by molar-refractivity contribution is 5.51. The molecule has 0 aliphatic carbocycles. The van der Waals surface area contributed by atoms with Crippen molar-refractivity contribution >= 4 is 11.5 Å². The van der Waals surface area contributed by atoms with Gasteiger partial charge in [-0.3, -0.25) is 10.1 Å². The summed E-state index contributed by atoms with van der Waals surface area (Å²) >= 11 is 0. The van der Waals surface area contributed by atoms with E-state index in [4.69, 9.17) is 4.74 Å². The molecule has 0 saturated heterocycles. The van der Waals surface area contributed by atoms with Crippen molar-refractivity contribution in [2.75, 3.05) is 12.4 Å². The van der Waals surface area contributed by atoms with E-state index >= 15 is 0 Å². The molecule has 104 valence electrons. The minimum Gasteiger partial charge on any atom is -0.457 e. The average Bonchev–Trinajstić information content (AvgIpc) is 2.41. The summed E-state index contributed by atoms with van der Waals surface area (Å²) in [5.74, 6) is 1.71. The number of anilines is 1. The van der Waals surface area contributed by atoms with Crippen molar-refractivity contribution in [1.82, 2.24) is 4.98 Å². The van der Waals surface area contributed by atoms with E-state index in [1.807, 2.05) is 6.92 Å². The molecule has 0 saturated carbocycles. The molecule has 1 N–H and O–H groups in total.